The lowest BCUT2D eigenvalue weighted by atomic mass is 10.0. The number of halogens is 1. The molecule has 1 heterocycles. The van der Waals surface area contributed by atoms with Crippen molar-refractivity contribution >= 4 is 5.71 Å². The van der Waals surface area contributed by atoms with Gasteiger partial charge in [0.2, 0.25) is 0 Å². The van der Waals surface area contributed by atoms with Gasteiger partial charge < -0.3 is 14.7 Å². The van der Waals surface area contributed by atoms with Gasteiger partial charge >= 0.3 is 0 Å². The van der Waals surface area contributed by atoms with Crippen LogP contribution < -0.4 is 0 Å². The second-order valence-corrected chi connectivity index (χ2v) is 8.74. The molecule has 30 heavy (non-hydrogen) atoms. The molecule has 0 amide bonds. The zero-order valence-electron chi connectivity index (χ0n) is 17.9. The lowest BCUT2D eigenvalue weighted by Gasteiger charge is -2.28. The van der Waals surface area contributed by atoms with Crippen LogP contribution in [0.4, 0.5) is 4.39 Å². The molecule has 6 heteroatoms. The average molecular weight is 415 g/mol. The van der Waals surface area contributed by atoms with Crippen molar-refractivity contribution in [3.8, 4) is 0 Å². The summed E-state index contributed by atoms with van der Waals surface area (Å²) >= 11 is 0. The molecule has 0 aromatic heterocycles. The molecule has 0 bridgehead atoms. The molecule has 0 unspecified atom stereocenters. The molecule has 162 valence electrons. The van der Waals surface area contributed by atoms with E-state index in [1.807, 2.05) is 57.2 Å². The minimum Gasteiger partial charge on any atom is -0.390 e. The smallest absolute Gasteiger partial charge is 0.145 e. The summed E-state index contributed by atoms with van der Waals surface area (Å²) < 4.78 is 19.4. The van der Waals surface area contributed by atoms with E-state index in [0.717, 1.165) is 16.8 Å². The summed E-state index contributed by atoms with van der Waals surface area (Å²) in [5.41, 5.74) is 2.50. The molecule has 5 nitrogen and oxygen atoms in total. The number of aliphatic hydroxyl groups excluding tert-OH is 1. The summed E-state index contributed by atoms with van der Waals surface area (Å²) in [5.74, 6) is -0.268. The number of hydrogen-bond donors (Lipinski definition) is 1. The van der Waals surface area contributed by atoms with Gasteiger partial charge in [0, 0.05) is 26.1 Å². The van der Waals surface area contributed by atoms with E-state index in [1.54, 1.807) is 6.07 Å². The predicted molar refractivity (Wildman–Crippen MR) is 116 cm³/mol. The summed E-state index contributed by atoms with van der Waals surface area (Å²) in [7, 11) is 0. The van der Waals surface area contributed by atoms with Gasteiger partial charge in [-0.1, -0.05) is 47.6 Å². The average Bonchev–Trinajstić information content (AvgIpc) is 3.15. The van der Waals surface area contributed by atoms with Crippen LogP contribution in [0.15, 0.2) is 59.8 Å². The van der Waals surface area contributed by atoms with Gasteiger partial charge in [0.05, 0.1) is 24.0 Å². The van der Waals surface area contributed by atoms with E-state index in [2.05, 4.69) is 10.1 Å². The Labute approximate surface area is 178 Å². The molecule has 1 aliphatic rings. The van der Waals surface area contributed by atoms with Crippen LogP contribution in [0.3, 0.4) is 0 Å². The Hall–Kier alpha value is -2.28. The molecule has 3 rings (SSSR count). The van der Waals surface area contributed by atoms with Crippen molar-refractivity contribution in [2.75, 3.05) is 19.7 Å². The zero-order valence-corrected chi connectivity index (χ0v) is 17.9. The van der Waals surface area contributed by atoms with Crippen LogP contribution in [-0.2, 0) is 16.1 Å². The third-order valence-electron chi connectivity index (χ3n) is 4.77. The molecular weight excluding hydrogens is 383 g/mol. The third kappa shape index (κ3) is 7.20. The number of hydrogen-bond acceptors (Lipinski definition) is 5. The van der Waals surface area contributed by atoms with Crippen LogP contribution in [0.5, 0.6) is 0 Å². The van der Waals surface area contributed by atoms with Crippen molar-refractivity contribution in [2.45, 2.75) is 51.5 Å². The van der Waals surface area contributed by atoms with Crippen molar-refractivity contribution in [2.24, 2.45) is 5.16 Å². The monoisotopic (exact) mass is 414 g/mol. The first-order valence-electron chi connectivity index (χ1n) is 10.4. The second kappa shape index (κ2) is 10.2. The van der Waals surface area contributed by atoms with Crippen LogP contribution in [0, 0.1) is 5.82 Å². The third-order valence-corrected chi connectivity index (χ3v) is 4.77. The standard InChI is InChI=1S/C24H31FN2O3/c1-24(2,3)29-17-21(28)15-27(14-18-8-7-11-20(25)12-18)16-22-13-23(26-30-22)19-9-5-4-6-10-19/h4-12,21-22,28H,13-17H2,1-3H3/t21-,22-/m1/s1. The largest absolute Gasteiger partial charge is 0.390 e. The SMILES string of the molecule is CC(C)(C)OC[C@H](O)CN(Cc1cccc(F)c1)C[C@H]1CC(c2ccccc2)=NO1. The summed E-state index contributed by atoms with van der Waals surface area (Å²) in [6, 6.07) is 16.5. The first-order chi connectivity index (χ1) is 14.3. The van der Waals surface area contributed by atoms with Crippen molar-refractivity contribution in [1.29, 1.82) is 0 Å². The molecule has 0 saturated heterocycles. The van der Waals surface area contributed by atoms with Crippen molar-refractivity contribution in [3.63, 3.8) is 0 Å². The van der Waals surface area contributed by atoms with Crippen LogP contribution >= 0.6 is 0 Å². The minimum atomic E-state index is -0.659. The number of ether oxygens (including phenoxy) is 1. The van der Waals surface area contributed by atoms with Gasteiger partial charge in [-0.25, -0.2) is 4.39 Å². The lowest BCUT2D eigenvalue weighted by Crippen LogP contribution is -2.40. The highest BCUT2D eigenvalue weighted by atomic mass is 19.1. The molecule has 2 atom stereocenters. The van der Waals surface area contributed by atoms with Gasteiger partial charge in [-0.05, 0) is 44.0 Å². The maximum Gasteiger partial charge on any atom is 0.145 e. The molecule has 0 saturated carbocycles. The Kier molecular flexibility index (Phi) is 7.58. The number of nitrogens with zero attached hydrogens (tertiary/aromatic N) is 2. The number of aliphatic hydroxyl groups is 1. The summed E-state index contributed by atoms with van der Waals surface area (Å²) in [5, 5.41) is 14.8. The molecule has 2 aromatic rings. The van der Waals surface area contributed by atoms with Gasteiger partial charge in [-0.2, -0.15) is 0 Å². The fourth-order valence-electron chi connectivity index (χ4n) is 3.41. The van der Waals surface area contributed by atoms with E-state index in [1.165, 1.54) is 12.1 Å². The summed E-state index contributed by atoms with van der Waals surface area (Å²) in [4.78, 5) is 7.74. The van der Waals surface area contributed by atoms with Gasteiger partial charge in [-0.15, -0.1) is 0 Å². The highest BCUT2D eigenvalue weighted by Gasteiger charge is 2.26. The van der Waals surface area contributed by atoms with Crippen LogP contribution in [0.2, 0.25) is 0 Å². The molecule has 0 spiro atoms. The normalized spacial score (nSPS) is 17.7. The molecular formula is C24H31FN2O3. The topological polar surface area (TPSA) is 54.3 Å². The van der Waals surface area contributed by atoms with Gasteiger partial charge in [0.15, 0.2) is 0 Å². The van der Waals surface area contributed by atoms with Gasteiger partial charge in [0.25, 0.3) is 0 Å². The van der Waals surface area contributed by atoms with Gasteiger partial charge in [0.1, 0.15) is 11.9 Å². The highest BCUT2D eigenvalue weighted by molar-refractivity contribution is 6.01. The first kappa shape index (κ1) is 22.4. The Morgan fingerprint density at radius 2 is 1.97 bits per heavy atom. The highest BCUT2D eigenvalue weighted by Crippen LogP contribution is 2.19. The summed E-state index contributed by atoms with van der Waals surface area (Å²) in [6.45, 7) is 7.58. The maximum absolute atomic E-state index is 13.6. The molecule has 1 aliphatic heterocycles. The van der Waals surface area contributed by atoms with E-state index in [9.17, 15) is 9.50 Å². The fourth-order valence-corrected chi connectivity index (χ4v) is 3.41. The van der Waals surface area contributed by atoms with Crippen LogP contribution in [-0.4, -0.2) is 53.2 Å². The molecule has 0 fully saturated rings. The quantitative estimate of drug-likeness (QED) is 0.674. The van der Waals surface area contributed by atoms with Gasteiger partial charge in [-0.3, -0.25) is 4.90 Å². The molecule has 1 N–H and O–H groups in total. The van der Waals surface area contributed by atoms with Crippen LogP contribution in [0.25, 0.3) is 0 Å². The first-order valence-corrected chi connectivity index (χ1v) is 10.4. The second-order valence-electron chi connectivity index (χ2n) is 8.74. The van der Waals surface area contributed by atoms with E-state index in [4.69, 9.17) is 9.57 Å². The molecule has 2 aromatic carbocycles. The molecule has 0 radical (unpaired) electrons. The Balaban J connectivity index is 1.62. The number of oxime groups is 1. The van der Waals surface area contributed by atoms with Crippen molar-refractivity contribution < 1.29 is 19.1 Å². The Morgan fingerprint density at radius 3 is 2.67 bits per heavy atom. The zero-order chi connectivity index (χ0) is 21.6. The van der Waals surface area contributed by atoms with E-state index in [0.29, 0.717) is 26.1 Å². The van der Waals surface area contributed by atoms with E-state index in [-0.39, 0.29) is 24.1 Å². The maximum atomic E-state index is 13.6. The van der Waals surface area contributed by atoms with Crippen molar-refractivity contribution in [1.82, 2.24) is 4.90 Å². The van der Waals surface area contributed by atoms with E-state index < -0.39 is 6.10 Å². The fraction of sp³-hybridized carbons (Fsp3) is 0.458. The minimum absolute atomic E-state index is 0.121. The Bertz CT molecular complexity index is 836. The van der Waals surface area contributed by atoms with Crippen molar-refractivity contribution in [3.05, 3.63) is 71.5 Å². The Morgan fingerprint density at radius 1 is 1.20 bits per heavy atom. The number of rotatable bonds is 9. The predicted octanol–water partition coefficient (Wildman–Crippen LogP) is 4.00. The lowest BCUT2D eigenvalue weighted by molar-refractivity contribution is -0.0600. The van der Waals surface area contributed by atoms with E-state index >= 15 is 0 Å². The summed E-state index contributed by atoms with van der Waals surface area (Å²) in [6.07, 6.45) is -0.0867. The van der Waals surface area contributed by atoms with Crippen LogP contribution in [0.1, 0.15) is 38.3 Å². The molecule has 0 aliphatic carbocycles. The number of benzene rings is 2.